The van der Waals surface area contributed by atoms with Gasteiger partial charge in [-0.2, -0.15) is 0 Å². The van der Waals surface area contributed by atoms with Crippen molar-refractivity contribution in [2.24, 2.45) is 17.8 Å². The van der Waals surface area contributed by atoms with Crippen LogP contribution in [-0.4, -0.2) is 26.8 Å². The van der Waals surface area contributed by atoms with Gasteiger partial charge in [-0.05, 0) is 43.7 Å². The molecule has 1 aliphatic rings. The van der Waals surface area contributed by atoms with E-state index in [0.717, 1.165) is 24.4 Å². The number of ether oxygens (including phenoxy) is 1. The Kier molecular flexibility index (Phi) is 7.87. The van der Waals surface area contributed by atoms with E-state index in [-0.39, 0.29) is 0 Å². The summed E-state index contributed by atoms with van der Waals surface area (Å²) in [6.07, 6.45) is 8.35. The molecule has 102 valence electrons. The predicted molar refractivity (Wildman–Crippen MR) is 74.3 cm³/mol. The molecule has 1 fully saturated rings. The molecule has 0 spiro atoms. The standard InChI is InChI=1S/C15H31NO/c1-13(2)11-16-12-15-9-6-8-14(15)7-4-5-10-17-3/h13-16H,4-12H2,1-3H3. The van der Waals surface area contributed by atoms with Gasteiger partial charge in [0.1, 0.15) is 0 Å². The fourth-order valence-electron chi connectivity index (χ4n) is 2.97. The summed E-state index contributed by atoms with van der Waals surface area (Å²) in [7, 11) is 1.80. The van der Waals surface area contributed by atoms with Crippen LogP contribution in [0.4, 0.5) is 0 Å². The van der Waals surface area contributed by atoms with Crippen LogP contribution in [0.1, 0.15) is 52.4 Å². The van der Waals surface area contributed by atoms with Crippen molar-refractivity contribution in [3.8, 4) is 0 Å². The molecule has 2 heteroatoms. The van der Waals surface area contributed by atoms with E-state index in [1.165, 1.54) is 51.6 Å². The van der Waals surface area contributed by atoms with E-state index >= 15 is 0 Å². The van der Waals surface area contributed by atoms with Crippen molar-refractivity contribution in [2.45, 2.75) is 52.4 Å². The highest BCUT2D eigenvalue weighted by Crippen LogP contribution is 2.34. The van der Waals surface area contributed by atoms with Crippen molar-refractivity contribution in [1.82, 2.24) is 5.32 Å². The van der Waals surface area contributed by atoms with Crippen LogP contribution in [0.3, 0.4) is 0 Å². The van der Waals surface area contributed by atoms with Gasteiger partial charge in [0.05, 0.1) is 0 Å². The van der Waals surface area contributed by atoms with Crippen LogP contribution in [0.5, 0.6) is 0 Å². The Morgan fingerprint density at radius 2 is 1.94 bits per heavy atom. The molecule has 1 rings (SSSR count). The summed E-state index contributed by atoms with van der Waals surface area (Å²) in [6, 6.07) is 0. The monoisotopic (exact) mass is 241 g/mol. The zero-order chi connectivity index (χ0) is 12.5. The normalized spacial score (nSPS) is 24.7. The fraction of sp³-hybridized carbons (Fsp3) is 1.00. The topological polar surface area (TPSA) is 21.3 Å². The Labute approximate surface area is 108 Å². The lowest BCUT2D eigenvalue weighted by molar-refractivity contribution is 0.188. The number of methoxy groups -OCH3 is 1. The molecular weight excluding hydrogens is 210 g/mol. The second-order valence-electron chi connectivity index (χ2n) is 5.99. The second kappa shape index (κ2) is 8.93. The number of rotatable bonds is 9. The number of unbranched alkanes of at least 4 members (excludes halogenated alkanes) is 1. The van der Waals surface area contributed by atoms with Gasteiger partial charge in [0.2, 0.25) is 0 Å². The maximum Gasteiger partial charge on any atom is 0.0462 e. The lowest BCUT2D eigenvalue weighted by atomic mass is 9.91. The molecule has 0 aromatic heterocycles. The Bertz CT molecular complexity index is 182. The molecule has 2 atom stereocenters. The van der Waals surface area contributed by atoms with Crippen LogP contribution < -0.4 is 5.32 Å². The maximum absolute atomic E-state index is 5.11. The summed E-state index contributed by atoms with van der Waals surface area (Å²) in [5, 5.41) is 3.63. The highest BCUT2D eigenvalue weighted by Gasteiger charge is 2.26. The van der Waals surface area contributed by atoms with Gasteiger partial charge in [0.25, 0.3) is 0 Å². The molecule has 17 heavy (non-hydrogen) atoms. The third kappa shape index (κ3) is 6.42. The quantitative estimate of drug-likeness (QED) is 0.624. The van der Waals surface area contributed by atoms with Crippen LogP contribution in [0.25, 0.3) is 0 Å². The maximum atomic E-state index is 5.11. The molecule has 2 unspecified atom stereocenters. The lowest BCUT2D eigenvalue weighted by Crippen LogP contribution is -2.28. The summed E-state index contributed by atoms with van der Waals surface area (Å²) >= 11 is 0. The fourth-order valence-corrected chi connectivity index (χ4v) is 2.97. The average Bonchev–Trinajstić information content (AvgIpc) is 2.72. The molecule has 0 aliphatic heterocycles. The SMILES string of the molecule is COCCCCC1CCCC1CNCC(C)C. The summed E-state index contributed by atoms with van der Waals surface area (Å²) in [5.74, 6) is 2.69. The van der Waals surface area contributed by atoms with Crippen molar-refractivity contribution in [3.63, 3.8) is 0 Å². The molecule has 0 aromatic carbocycles. The van der Waals surface area contributed by atoms with Crippen molar-refractivity contribution >= 4 is 0 Å². The minimum atomic E-state index is 0.775. The smallest absolute Gasteiger partial charge is 0.0462 e. The minimum absolute atomic E-state index is 0.775. The van der Waals surface area contributed by atoms with Crippen molar-refractivity contribution in [3.05, 3.63) is 0 Å². The van der Waals surface area contributed by atoms with Crippen LogP contribution in [0, 0.1) is 17.8 Å². The largest absolute Gasteiger partial charge is 0.385 e. The number of nitrogens with one attached hydrogen (secondary N) is 1. The highest BCUT2D eigenvalue weighted by molar-refractivity contribution is 4.79. The molecule has 2 nitrogen and oxygen atoms in total. The first-order valence-corrected chi connectivity index (χ1v) is 7.43. The van der Waals surface area contributed by atoms with Gasteiger partial charge in [-0.15, -0.1) is 0 Å². The summed E-state index contributed by atoms with van der Waals surface area (Å²) in [6.45, 7) is 7.91. The zero-order valence-corrected chi connectivity index (χ0v) is 12.0. The molecule has 0 saturated heterocycles. The van der Waals surface area contributed by atoms with Gasteiger partial charge in [-0.25, -0.2) is 0 Å². The molecule has 0 heterocycles. The van der Waals surface area contributed by atoms with E-state index in [4.69, 9.17) is 4.74 Å². The van der Waals surface area contributed by atoms with E-state index in [2.05, 4.69) is 19.2 Å². The van der Waals surface area contributed by atoms with E-state index in [9.17, 15) is 0 Å². The highest BCUT2D eigenvalue weighted by atomic mass is 16.5. The van der Waals surface area contributed by atoms with Crippen molar-refractivity contribution in [1.29, 1.82) is 0 Å². The zero-order valence-electron chi connectivity index (χ0n) is 12.0. The first-order chi connectivity index (χ1) is 8.24. The third-order valence-corrected chi connectivity index (χ3v) is 3.95. The van der Waals surface area contributed by atoms with Gasteiger partial charge in [0, 0.05) is 13.7 Å². The Morgan fingerprint density at radius 3 is 2.65 bits per heavy atom. The average molecular weight is 241 g/mol. The van der Waals surface area contributed by atoms with E-state index < -0.39 is 0 Å². The molecule has 0 bridgehead atoms. The second-order valence-corrected chi connectivity index (χ2v) is 5.99. The lowest BCUT2D eigenvalue weighted by Gasteiger charge is -2.20. The van der Waals surface area contributed by atoms with E-state index in [0.29, 0.717) is 0 Å². The Balaban J connectivity index is 2.10. The first kappa shape index (κ1) is 15.0. The third-order valence-electron chi connectivity index (χ3n) is 3.95. The molecule has 1 N–H and O–H groups in total. The number of hydrogen-bond donors (Lipinski definition) is 1. The Morgan fingerprint density at radius 1 is 1.18 bits per heavy atom. The molecular formula is C15H31NO. The molecule has 1 aliphatic carbocycles. The van der Waals surface area contributed by atoms with Crippen LogP contribution >= 0.6 is 0 Å². The van der Waals surface area contributed by atoms with Gasteiger partial charge in [-0.3, -0.25) is 0 Å². The molecule has 1 saturated carbocycles. The first-order valence-electron chi connectivity index (χ1n) is 7.43. The van der Waals surface area contributed by atoms with Crippen LogP contribution in [0.15, 0.2) is 0 Å². The van der Waals surface area contributed by atoms with Crippen LogP contribution in [-0.2, 0) is 4.74 Å². The molecule has 0 aromatic rings. The molecule has 0 radical (unpaired) electrons. The summed E-state index contributed by atoms with van der Waals surface area (Å²) in [4.78, 5) is 0. The van der Waals surface area contributed by atoms with Crippen molar-refractivity contribution in [2.75, 3.05) is 26.8 Å². The predicted octanol–water partition coefficient (Wildman–Crippen LogP) is 3.47. The van der Waals surface area contributed by atoms with Gasteiger partial charge >= 0.3 is 0 Å². The van der Waals surface area contributed by atoms with Crippen LogP contribution in [0.2, 0.25) is 0 Å². The van der Waals surface area contributed by atoms with Gasteiger partial charge < -0.3 is 10.1 Å². The molecule has 0 amide bonds. The summed E-state index contributed by atoms with van der Waals surface area (Å²) < 4.78 is 5.11. The van der Waals surface area contributed by atoms with Gasteiger partial charge in [0.15, 0.2) is 0 Å². The summed E-state index contributed by atoms with van der Waals surface area (Å²) in [5.41, 5.74) is 0. The Hall–Kier alpha value is -0.0800. The minimum Gasteiger partial charge on any atom is -0.385 e. The van der Waals surface area contributed by atoms with Gasteiger partial charge in [-0.1, -0.05) is 39.5 Å². The van der Waals surface area contributed by atoms with Crippen molar-refractivity contribution < 1.29 is 4.74 Å². The van der Waals surface area contributed by atoms with E-state index in [1.54, 1.807) is 7.11 Å². The van der Waals surface area contributed by atoms with E-state index in [1.807, 2.05) is 0 Å². The number of hydrogen-bond acceptors (Lipinski definition) is 2.